The van der Waals surface area contributed by atoms with Gasteiger partial charge in [0.1, 0.15) is 5.82 Å². The van der Waals surface area contributed by atoms with Crippen molar-refractivity contribution < 1.29 is 0 Å². The summed E-state index contributed by atoms with van der Waals surface area (Å²) in [6.07, 6.45) is 3.41. The molecule has 0 amide bonds. The minimum atomic E-state index is 0.543. The smallest absolute Gasteiger partial charge is 0.142 e. The van der Waals surface area contributed by atoms with Gasteiger partial charge in [0.2, 0.25) is 0 Å². The summed E-state index contributed by atoms with van der Waals surface area (Å²) >= 11 is 0. The van der Waals surface area contributed by atoms with Gasteiger partial charge in [-0.05, 0) is 12.1 Å². The molecular formula is C9H11N5. The van der Waals surface area contributed by atoms with Gasteiger partial charge >= 0.3 is 0 Å². The van der Waals surface area contributed by atoms with E-state index in [-0.39, 0.29) is 0 Å². The molecule has 4 N–H and O–H groups in total. The predicted octanol–water partition coefficient (Wildman–Crippen LogP) is 0.999. The Morgan fingerprint density at radius 3 is 3.00 bits per heavy atom. The Balaban J connectivity index is 1.99. The van der Waals surface area contributed by atoms with E-state index in [2.05, 4.69) is 20.5 Å². The first-order valence-electron chi connectivity index (χ1n) is 4.29. The maximum absolute atomic E-state index is 5.60. The fraction of sp³-hybridized carbons (Fsp3) is 0.111. The van der Waals surface area contributed by atoms with Crippen LogP contribution in [0.15, 0.2) is 30.6 Å². The summed E-state index contributed by atoms with van der Waals surface area (Å²) in [6.45, 7) is 0.643. The average molecular weight is 189 g/mol. The molecule has 0 radical (unpaired) electrons. The zero-order valence-electron chi connectivity index (χ0n) is 7.57. The fourth-order valence-corrected chi connectivity index (χ4v) is 1.13. The molecular weight excluding hydrogens is 178 g/mol. The predicted molar refractivity (Wildman–Crippen MR) is 54.6 cm³/mol. The van der Waals surface area contributed by atoms with Crippen LogP contribution in [-0.4, -0.2) is 15.2 Å². The van der Waals surface area contributed by atoms with Crippen LogP contribution in [0.25, 0.3) is 0 Å². The topological polar surface area (TPSA) is 79.6 Å². The molecule has 5 nitrogen and oxygen atoms in total. The molecule has 0 atom stereocenters. The first-order chi connectivity index (χ1) is 6.86. The highest BCUT2D eigenvalue weighted by molar-refractivity contribution is 5.59. The number of nitrogens with two attached hydrogens (primary N) is 1. The lowest BCUT2D eigenvalue weighted by atomic mass is 10.3. The molecule has 0 spiro atoms. The van der Waals surface area contributed by atoms with Crippen molar-refractivity contribution in [3.8, 4) is 0 Å². The van der Waals surface area contributed by atoms with Crippen LogP contribution in [0.3, 0.4) is 0 Å². The number of hydrogen-bond acceptors (Lipinski definition) is 4. The van der Waals surface area contributed by atoms with Gasteiger partial charge in [-0.25, -0.2) is 0 Å². The number of pyridine rings is 1. The molecule has 0 aromatic carbocycles. The fourth-order valence-electron chi connectivity index (χ4n) is 1.13. The molecule has 2 aromatic heterocycles. The first kappa shape index (κ1) is 8.55. The zero-order valence-corrected chi connectivity index (χ0v) is 7.57. The van der Waals surface area contributed by atoms with E-state index < -0.39 is 0 Å². The number of aromatic nitrogens is 3. The van der Waals surface area contributed by atoms with Crippen molar-refractivity contribution in [2.75, 3.05) is 11.1 Å². The molecule has 0 saturated carbocycles. The highest BCUT2D eigenvalue weighted by atomic mass is 15.2. The Morgan fingerprint density at radius 1 is 1.43 bits per heavy atom. The van der Waals surface area contributed by atoms with Gasteiger partial charge in [-0.2, -0.15) is 5.10 Å². The van der Waals surface area contributed by atoms with Crippen LogP contribution in [0.2, 0.25) is 0 Å². The third-order valence-corrected chi connectivity index (χ3v) is 1.85. The summed E-state index contributed by atoms with van der Waals surface area (Å²) in [5, 5.41) is 9.58. The van der Waals surface area contributed by atoms with E-state index in [0.29, 0.717) is 12.4 Å². The molecule has 0 aliphatic carbocycles. The molecule has 0 aliphatic heterocycles. The second-order valence-corrected chi connectivity index (χ2v) is 2.87. The monoisotopic (exact) mass is 189 g/mol. The molecule has 2 rings (SSSR count). The lowest BCUT2D eigenvalue weighted by molar-refractivity contribution is 1.05. The molecule has 2 heterocycles. The van der Waals surface area contributed by atoms with E-state index in [0.717, 1.165) is 11.4 Å². The van der Waals surface area contributed by atoms with Gasteiger partial charge in [0.05, 0.1) is 24.1 Å². The lowest BCUT2D eigenvalue weighted by Gasteiger charge is -2.02. The van der Waals surface area contributed by atoms with Crippen LogP contribution >= 0.6 is 0 Å². The minimum Gasteiger partial charge on any atom is -0.382 e. The summed E-state index contributed by atoms with van der Waals surface area (Å²) in [5.74, 6) is 0.543. The van der Waals surface area contributed by atoms with E-state index in [4.69, 9.17) is 5.73 Å². The quantitative estimate of drug-likeness (QED) is 0.673. The van der Waals surface area contributed by atoms with Gasteiger partial charge in [-0.3, -0.25) is 10.1 Å². The second kappa shape index (κ2) is 3.78. The third-order valence-electron chi connectivity index (χ3n) is 1.85. The van der Waals surface area contributed by atoms with E-state index in [9.17, 15) is 0 Å². The van der Waals surface area contributed by atoms with Crippen molar-refractivity contribution in [2.45, 2.75) is 6.54 Å². The van der Waals surface area contributed by atoms with Gasteiger partial charge in [-0.1, -0.05) is 6.07 Å². The number of nitrogens with one attached hydrogen (secondary N) is 2. The maximum atomic E-state index is 5.60. The number of H-pyrrole nitrogens is 1. The molecule has 0 saturated heterocycles. The van der Waals surface area contributed by atoms with E-state index in [1.165, 1.54) is 0 Å². The number of rotatable bonds is 3. The number of hydrogen-bond donors (Lipinski definition) is 3. The van der Waals surface area contributed by atoms with Crippen molar-refractivity contribution in [3.05, 3.63) is 36.3 Å². The summed E-state index contributed by atoms with van der Waals surface area (Å²) in [4.78, 5) is 4.17. The molecule has 5 heteroatoms. The largest absolute Gasteiger partial charge is 0.382 e. The van der Waals surface area contributed by atoms with Crippen LogP contribution < -0.4 is 11.1 Å². The van der Waals surface area contributed by atoms with Crippen LogP contribution in [0.5, 0.6) is 0 Å². The maximum Gasteiger partial charge on any atom is 0.142 e. The molecule has 0 aliphatic rings. The first-order valence-corrected chi connectivity index (χ1v) is 4.29. The summed E-state index contributed by atoms with van der Waals surface area (Å²) < 4.78 is 0. The molecule has 0 unspecified atom stereocenters. The number of nitrogen functional groups attached to an aromatic ring is 1. The lowest BCUT2D eigenvalue weighted by Crippen LogP contribution is -2.02. The van der Waals surface area contributed by atoms with Crippen molar-refractivity contribution in [1.82, 2.24) is 15.2 Å². The van der Waals surface area contributed by atoms with Crippen LogP contribution in [-0.2, 0) is 6.54 Å². The molecule has 0 fully saturated rings. The number of aromatic amines is 1. The van der Waals surface area contributed by atoms with Crippen molar-refractivity contribution in [1.29, 1.82) is 0 Å². The van der Waals surface area contributed by atoms with Gasteiger partial charge < -0.3 is 11.1 Å². The van der Waals surface area contributed by atoms with Crippen LogP contribution in [0.4, 0.5) is 11.5 Å². The summed E-state index contributed by atoms with van der Waals surface area (Å²) in [7, 11) is 0. The van der Waals surface area contributed by atoms with Crippen LogP contribution in [0, 0.1) is 0 Å². The highest BCUT2D eigenvalue weighted by Crippen LogP contribution is 2.13. The average Bonchev–Trinajstić information content (AvgIpc) is 2.63. The highest BCUT2D eigenvalue weighted by Gasteiger charge is 1.99. The Kier molecular flexibility index (Phi) is 2.31. The molecule has 14 heavy (non-hydrogen) atoms. The van der Waals surface area contributed by atoms with E-state index >= 15 is 0 Å². The third kappa shape index (κ3) is 1.82. The number of nitrogens with zero attached hydrogens (tertiary/aromatic N) is 2. The summed E-state index contributed by atoms with van der Waals surface area (Å²) in [5.41, 5.74) is 7.37. The van der Waals surface area contributed by atoms with Crippen LogP contribution in [0.1, 0.15) is 5.69 Å². The molecule has 0 bridgehead atoms. The Morgan fingerprint density at radius 2 is 2.36 bits per heavy atom. The summed E-state index contributed by atoms with van der Waals surface area (Å²) in [6, 6.07) is 5.78. The van der Waals surface area contributed by atoms with Crippen molar-refractivity contribution in [2.24, 2.45) is 0 Å². The Bertz CT molecular complexity index is 395. The standard InChI is InChI=1S/C9H11N5/c10-9-8(6-13-14-9)12-5-7-3-1-2-4-11-7/h1-4,6,12H,5H2,(H3,10,13,14). The molecule has 2 aromatic rings. The van der Waals surface area contributed by atoms with Gasteiger partial charge in [0.15, 0.2) is 0 Å². The van der Waals surface area contributed by atoms with Gasteiger partial charge in [0, 0.05) is 6.20 Å². The Hall–Kier alpha value is -2.04. The normalized spacial score (nSPS) is 10.0. The van der Waals surface area contributed by atoms with E-state index in [1.807, 2.05) is 18.2 Å². The Labute approximate surface area is 81.4 Å². The SMILES string of the molecule is Nc1[nH]ncc1NCc1ccccn1. The van der Waals surface area contributed by atoms with Crippen molar-refractivity contribution >= 4 is 11.5 Å². The molecule has 72 valence electrons. The van der Waals surface area contributed by atoms with Gasteiger partial charge in [0.25, 0.3) is 0 Å². The zero-order chi connectivity index (χ0) is 9.80. The second-order valence-electron chi connectivity index (χ2n) is 2.87. The van der Waals surface area contributed by atoms with Gasteiger partial charge in [-0.15, -0.1) is 0 Å². The minimum absolute atomic E-state index is 0.543. The van der Waals surface area contributed by atoms with Crippen molar-refractivity contribution in [3.63, 3.8) is 0 Å². The van der Waals surface area contributed by atoms with E-state index in [1.54, 1.807) is 12.4 Å². The number of anilines is 2.